The van der Waals surface area contributed by atoms with Gasteiger partial charge in [0.2, 0.25) is 0 Å². The normalized spacial score (nSPS) is 10.6. The number of hydrogen-bond donors (Lipinski definition) is 0. The van der Waals surface area contributed by atoms with Crippen LogP contribution in [0, 0.1) is 6.92 Å². The highest BCUT2D eigenvalue weighted by Gasteiger charge is 2.06. The van der Waals surface area contributed by atoms with Crippen LogP contribution in [-0.2, 0) is 6.61 Å². The van der Waals surface area contributed by atoms with Crippen LogP contribution >= 0.6 is 22.9 Å². The van der Waals surface area contributed by atoms with Gasteiger partial charge < -0.3 is 4.74 Å². The fourth-order valence-corrected chi connectivity index (χ4v) is 2.84. The lowest BCUT2D eigenvalue weighted by Crippen LogP contribution is -1.95. The first-order valence-electron chi connectivity index (χ1n) is 6.61. The molecule has 0 aliphatic heterocycles. The lowest BCUT2D eigenvalue weighted by atomic mass is 10.1. The Morgan fingerprint density at radius 2 is 1.86 bits per heavy atom. The van der Waals surface area contributed by atoms with Crippen LogP contribution in [-0.4, -0.2) is 4.98 Å². The summed E-state index contributed by atoms with van der Waals surface area (Å²) < 4.78 is 5.71. The molecule has 0 aliphatic rings. The third kappa shape index (κ3) is 3.43. The summed E-state index contributed by atoms with van der Waals surface area (Å²) in [7, 11) is 0. The average Bonchev–Trinajstić information content (AvgIpc) is 2.96. The molecule has 3 aromatic rings. The number of ether oxygens (including phenoxy) is 1. The van der Waals surface area contributed by atoms with Crippen molar-refractivity contribution in [2.45, 2.75) is 13.5 Å². The van der Waals surface area contributed by atoms with Gasteiger partial charge in [0.25, 0.3) is 0 Å². The first-order chi connectivity index (χ1) is 10.2. The fourth-order valence-electron chi connectivity index (χ4n) is 1.94. The molecule has 0 fully saturated rings. The number of aryl methyl sites for hydroxylation is 1. The predicted molar refractivity (Wildman–Crippen MR) is 88.1 cm³/mol. The summed E-state index contributed by atoms with van der Waals surface area (Å²) in [4.78, 5) is 4.61. The van der Waals surface area contributed by atoms with E-state index in [4.69, 9.17) is 16.3 Å². The summed E-state index contributed by atoms with van der Waals surface area (Å²) in [6.07, 6.45) is 0. The van der Waals surface area contributed by atoms with Crippen LogP contribution in [0.25, 0.3) is 11.3 Å². The molecule has 4 heteroatoms. The minimum Gasteiger partial charge on any atom is -0.485 e. The summed E-state index contributed by atoms with van der Waals surface area (Å²) in [5.41, 5.74) is 3.36. The molecule has 0 saturated carbocycles. The van der Waals surface area contributed by atoms with Gasteiger partial charge in [-0.3, -0.25) is 0 Å². The maximum atomic E-state index is 6.06. The standard InChI is InChI=1S/C17H14ClNOS/c1-12-6-8-13(9-7-12)15-11-21-17(19-15)10-20-16-5-3-2-4-14(16)18/h2-9,11H,10H2,1H3. The maximum absolute atomic E-state index is 6.06. The molecule has 1 heterocycles. The van der Waals surface area contributed by atoms with Crippen molar-refractivity contribution in [3.8, 4) is 17.0 Å². The number of aromatic nitrogens is 1. The van der Waals surface area contributed by atoms with Gasteiger partial charge in [-0.2, -0.15) is 0 Å². The van der Waals surface area contributed by atoms with Crippen LogP contribution in [0.4, 0.5) is 0 Å². The Morgan fingerprint density at radius 1 is 1.10 bits per heavy atom. The van der Waals surface area contributed by atoms with Crippen molar-refractivity contribution in [2.75, 3.05) is 0 Å². The lowest BCUT2D eigenvalue weighted by molar-refractivity contribution is 0.306. The molecule has 0 radical (unpaired) electrons. The number of benzene rings is 2. The van der Waals surface area contributed by atoms with Crippen molar-refractivity contribution in [3.05, 3.63) is 69.5 Å². The topological polar surface area (TPSA) is 22.1 Å². The number of thiazole rings is 1. The van der Waals surface area contributed by atoms with E-state index in [-0.39, 0.29) is 0 Å². The van der Waals surface area contributed by atoms with Crippen molar-refractivity contribution >= 4 is 22.9 Å². The largest absolute Gasteiger partial charge is 0.485 e. The summed E-state index contributed by atoms with van der Waals surface area (Å²) in [5.74, 6) is 0.686. The van der Waals surface area contributed by atoms with Gasteiger partial charge in [0, 0.05) is 10.9 Å². The molecular weight excluding hydrogens is 302 g/mol. The van der Waals surface area contributed by atoms with Gasteiger partial charge in [0.15, 0.2) is 0 Å². The summed E-state index contributed by atoms with van der Waals surface area (Å²) in [6, 6.07) is 15.8. The molecule has 2 aromatic carbocycles. The molecule has 21 heavy (non-hydrogen) atoms. The van der Waals surface area contributed by atoms with E-state index >= 15 is 0 Å². The Hall–Kier alpha value is -1.84. The molecule has 0 N–H and O–H groups in total. The van der Waals surface area contributed by atoms with Gasteiger partial charge in [-0.25, -0.2) is 4.98 Å². The lowest BCUT2D eigenvalue weighted by Gasteiger charge is -2.05. The van der Waals surface area contributed by atoms with Crippen LogP contribution in [0.3, 0.4) is 0 Å². The van der Waals surface area contributed by atoms with Crippen molar-refractivity contribution in [3.63, 3.8) is 0 Å². The zero-order chi connectivity index (χ0) is 14.7. The van der Waals surface area contributed by atoms with Crippen LogP contribution in [0.15, 0.2) is 53.9 Å². The third-order valence-corrected chi connectivity index (χ3v) is 4.22. The Morgan fingerprint density at radius 3 is 2.62 bits per heavy atom. The second kappa shape index (κ2) is 6.29. The number of nitrogens with zero attached hydrogens (tertiary/aromatic N) is 1. The first-order valence-corrected chi connectivity index (χ1v) is 7.87. The second-order valence-corrected chi connectivity index (χ2v) is 6.06. The van der Waals surface area contributed by atoms with Crippen molar-refractivity contribution in [1.29, 1.82) is 0 Å². The van der Waals surface area contributed by atoms with Gasteiger partial charge in [0.1, 0.15) is 17.4 Å². The molecule has 0 bridgehead atoms. The van der Waals surface area contributed by atoms with E-state index in [0.29, 0.717) is 17.4 Å². The molecule has 0 spiro atoms. The quantitative estimate of drug-likeness (QED) is 0.647. The number of halogens is 1. The maximum Gasteiger partial charge on any atom is 0.140 e. The van der Waals surface area contributed by atoms with E-state index in [2.05, 4.69) is 41.6 Å². The van der Waals surface area contributed by atoms with Gasteiger partial charge >= 0.3 is 0 Å². The van der Waals surface area contributed by atoms with E-state index in [1.807, 2.05) is 24.3 Å². The monoisotopic (exact) mass is 315 g/mol. The molecule has 3 rings (SSSR count). The molecular formula is C17H14ClNOS. The van der Waals surface area contributed by atoms with Crippen molar-refractivity contribution < 1.29 is 4.74 Å². The summed E-state index contributed by atoms with van der Waals surface area (Å²) in [6.45, 7) is 2.51. The highest BCUT2D eigenvalue weighted by atomic mass is 35.5. The van der Waals surface area contributed by atoms with E-state index in [1.54, 1.807) is 11.3 Å². The highest BCUT2D eigenvalue weighted by Crippen LogP contribution is 2.26. The van der Waals surface area contributed by atoms with Crippen molar-refractivity contribution in [2.24, 2.45) is 0 Å². The van der Waals surface area contributed by atoms with E-state index in [9.17, 15) is 0 Å². The molecule has 1 aromatic heterocycles. The third-order valence-electron chi connectivity index (χ3n) is 3.09. The van der Waals surface area contributed by atoms with Crippen LogP contribution in [0.1, 0.15) is 10.6 Å². The van der Waals surface area contributed by atoms with Crippen LogP contribution in [0.2, 0.25) is 5.02 Å². The summed E-state index contributed by atoms with van der Waals surface area (Å²) in [5, 5.41) is 3.61. The second-order valence-electron chi connectivity index (χ2n) is 4.71. The number of hydrogen-bond acceptors (Lipinski definition) is 3. The Labute approximate surface area is 133 Å². The Kier molecular flexibility index (Phi) is 4.23. The summed E-state index contributed by atoms with van der Waals surface area (Å²) >= 11 is 7.66. The smallest absolute Gasteiger partial charge is 0.140 e. The Balaban J connectivity index is 1.71. The van der Waals surface area contributed by atoms with Crippen molar-refractivity contribution in [1.82, 2.24) is 4.98 Å². The molecule has 0 unspecified atom stereocenters. The van der Waals surface area contributed by atoms with E-state index < -0.39 is 0 Å². The zero-order valence-corrected chi connectivity index (χ0v) is 13.1. The Bertz CT molecular complexity index is 737. The molecule has 106 valence electrons. The molecule has 0 aliphatic carbocycles. The van der Waals surface area contributed by atoms with Crippen LogP contribution < -0.4 is 4.74 Å². The van der Waals surface area contributed by atoms with E-state index in [1.165, 1.54) is 5.56 Å². The molecule has 2 nitrogen and oxygen atoms in total. The first kappa shape index (κ1) is 14.1. The molecule has 0 atom stereocenters. The predicted octanol–water partition coefficient (Wildman–Crippen LogP) is 5.35. The number of rotatable bonds is 4. The highest BCUT2D eigenvalue weighted by molar-refractivity contribution is 7.09. The van der Waals surface area contributed by atoms with Gasteiger partial charge in [-0.1, -0.05) is 53.6 Å². The minimum atomic E-state index is 0.431. The molecule has 0 amide bonds. The fraction of sp³-hybridized carbons (Fsp3) is 0.118. The van der Waals surface area contributed by atoms with E-state index in [0.717, 1.165) is 16.3 Å². The average molecular weight is 316 g/mol. The van der Waals surface area contributed by atoms with Gasteiger partial charge in [0.05, 0.1) is 10.7 Å². The SMILES string of the molecule is Cc1ccc(-c2csc(COc3ccccc3Cl)n2)cc1. The van der Waals surface area contributed by atoms with Gasteiger partial charge in [-0.15, -0.1) is 11.3 Å². The molecule has 0 saturated heterocycles. The zero-order valence-electron chi connectivity index (χ0n) is 11.5. The van der Waals surface area contributed by atoms with Gasteiger partial charge in [-0.05, 0) is 19.1 Å². The van der Waals surface area contributed by atoms with Crippen LogP contribution in [0.5, 0.6) is 5.75 Å². The number of para-hydroxylation sites is 1. The minimum absolute atomic E-state index is 0.431.